The monoisotopic (exact) mass is 397 g/mol. The van der Waals surface area contributed by atoms with Crippen LogP contribution in [0.25, 0.3) is 0 Å². The molecule has 0 atom stereocenters. The molecule has 3 nitrogen and oxygen atoms in total. The summed E-state index contributed by atoms with van der Waals surface area (Å²) in [5, 5.41) is 0. The summed E-state index contributed by atoms with van der Waals surface area (Å²) < 4.78 is 2.21. The molecule has 0 saturated carbocycles. The van der Waals surface area contributed by atoms with Gasteiger partial charge in [0.05, 0.1) is 0 Å². The molecule has 7 heteroatoms. The average Bonchev–Trinajstić information content (AvgIpc) is 2.18. The number of pyridine rings is 1. The van der Waals surface area contributed by atoms with Crippen molar-refractivity contribution in [2.24, 2.45) is 0 Å². The van der Waals surface area contributed by atoms with Crippen molar-refractivity contribution in [1.29, 1.82) is 0 Å². The van der Waals surface area contributed by atoms with Crippen LogP contribution >= 0.6 is 17.8 Å². The molecule has 0 saturated heterocycles. The van der Waals surface area contributed by atoms with Crippen molar-refractivity contribution in [2.45, 2.75) is 26.3 Å². The molecule has 0 amide bonds. The first-order valence-corrected chi connectivity index (χ1v) is 11.5. The van der Waals surface area contributed by atoms with E-state index in [2.05, 4.69) is 36.0 Å². The van der Waals surface area contributed by atoms with Crippen LogP contribution in [0.2, 0.25) is 0 Å². The van der Waals surface area contributed by atoms with Gasteiger partial charge in [-0.05, 0) is 0 Å². The van der Waals surface area contributed by atoms with Gasteiger partial charge in [0, 0.05) is 18.6 Å². The van der Waals surface area contributed by atoms with Crippen molar-refractivity contribution in [3.63, 3.8) is 0 Å². The van der Waals surface area contributed by atoms with Crippen molar-refractivity contribution in [2.75, 3.05) is 0 Å². The van der Waals surface area contributed by atoms with Gasteiger partial charge in [-0.3, -0.25) is 0 Å². The Hall–Kier alpha value is 0.739. The summed E-state index contributed by atoms with van der Waals surface area (Å²) in [6.07, 6.45) is 6.75. The van der Waals surface area contributed by atoms with Gasteiger partial charge in [-0.25, -0.2) is 4.57 Å². The molecule has 16 heavy (non-hydrogen) atoms. The first-order valence-electron chi connectivity index (χ1n) is 4.25. The number of aromatic nitrogens is 1. The van der Waals surface area contributed by atoms with E-state index in [9.17, 15) is 0 Å². The quantitative estimate of drug-likeness (QED) is 0.424. The number of aryl methyl sites for hydroxylation is 1. The van der Waals surface area contributed by atoms with Gasteiger partial charge in [0.15, 0.2) is 12.4 Å². The van der Waals surface area contributed by atoms with Crippen molar-refractivity contribution < 1.29 is 27.9 Å². The van der Waals surface area contributed by atoms with Crippen LogP contribution in [-0.2, 0) is 6.54 Å². The maximum absolute atomic E-state index is 4.93. The first kappa shape index (κ1) is 25.6. The van der Waals surface area contributed by atoms with Gasteiger partial charge < -0.3 is 23.4 Å². The van der Waals surface area contributed by atoms with Gasteiger partial charge >= 0.3 is 36.7 Å². The number of hydrogen-bond donors (Lipinski definition) is 0. The SMILES string of the molecule is CCCC[n+]1ccccc1.O.O.[Cl-].[Cl][Sn][Cl]. The van der Waals surface area contributed by atoms with E-state index in [0.717, 1.165) is 6.54 Å². The molecule has 0 aromatic carbocycles. The van der Waals surface area contributed by atoms with Crippen LogP contribution in [0.15, 0.2) is 30.6 Å². The van der Waals surface area contributed by atoms with Gasteiger partial charge in [-0.2, -0.15) is 0 Å². The van der Waals surface area contributed by atoms with Gasteiger partial charge in [0.1, 0.15) is 6.54 Å². The topological polar surface area (TPSA) is 66.9 Å². The Balaban J connectivity index is -0.000000109. The molecule has 0 bridgehead atoms. The zero-order valence-corrected chi connectivity index (χ0v) is 14.2. The fourth-order valence-electron chi connectivity index (χ4n) is 0.924. The van der Waals surface area contributed by atoms with E-state index >= 15 is 0 Å². The summed E-state index contributed by atoms with van der Waals surface area (Å²) in [6.45, 7) is 3.36. The third-order valence-corrected chi connectivity index (χ3v) is 1.55. The average molecular weight is 397 g/mol. The molecule has 0 aliphatic heterocycles. The van der Waals surface area contributed by atoms with Crippen molar-refractivity contribution in [3.05, 3.63) is 30.6 Å². The minimum absolute atomic E-state index is 0. The van der Waals surface area contributed by atoms with Crippen molar-refractivity contribution in [3.8, 4) is 0 Å². The molecule has 96 valence electrons. The third kappa shape index (κ3) is 17.1. The number of rotatable bonds is 3. The summed E-state index contributed by atoms with van der Waals surface area (Å²) in [7, 11) is 9.87. The molecule has 1 aromatic rings. The van der Waals surface area contributed by atoms with Crippen LogP contribution in [0.1, 0.15) is 19.8 Å². The van der Waals surface area contributed by atoms with E-state index in [1.165, 1.54) is 12.8 Å². The zero-order valence-electron chi connectivity index (χ0n) is 9.09. The molecule has 0 fully saturated rings. The van der Waals surface area contributed by atoms with Gasteiger partial charge in [0.2, 0.25) is 0 Å². The normalized spacial score (nSPS) is 7.19. The second kappa shape index (κ2) is 21.1. The molecule has 1 aromatic heterocycles. The van der Waals surface area contributed by atoms with Crippen LogP contribution in [0.5, 0.6) is 0 Å². The summed E-state index contributed by atoms with van der Waals surface area (Å²) in [6, 6.07) is 6.17. The van der Waals surface area contributed by atoms with Crippen molar-refractivity contribution >= 4 is 36.7 Å². The summed E-state index contributed by atoms with van der Waals surface area (Å²) in [5.74, 6) is 0. The number of unbranched alkanes of at least 4 members (excludes halogenated alkanes) is 1. The summed E-state index contributed by atoms with van der Waals surface area (Å²) in [4.78, 5) is 0. The molecule has 1 heterocycles. The van der Waals surface area contributed by atoms with Gasteiger partial charge in [-0.15, -0.1) is 0 Å². The summed E-state index contributed by atoms with van der Waals surface area (Å²) >= 11 is -0.826. The van der Waals surface area contributed by atoms with Gasteiger partial charge in [0.25, 0.3) is 0 Å². The van der Waals surface area contributed by atoms with E-state index in [1.807, 2.05) is 6.07 Å². The van der Waals surface area contributed by atoms with E-state index in [1.54, 1.807) is 0 Å². The Kier molecular flexibility index (Phi) is 33.6. The van der Waals surface area contributed by atoms with Crippen LogP contribution in [-0.4, -0.2) is 29.8 Å². The van der Waals surface area contributed by atoms with Crippen LogP contribution in [0.4, 0.5) is 0 Å². The predicted molar refractivity (Wildman–Crippen MR) is 66.2 cm³/mol. The zero-order chi connectivity index (χ0) is 9.94. The Morgan fingerprint density at radius 1 is 1.06 bits per heavy atom. The third-order valence-electron chi connectivity index (χ3n) is 1.55. The Labute approximate surface area is 121 Å². The van der Waals surface area contributed by atoms with Crippen molar-refractivity contribution in [1.82, 2.24) is 0 Å². The Morgan fingerprint density at radius 2 is 1.50 bits per heavy atom. The molecule has 0 aliphatic rings. The summed E-state index contributed by atoms with van der Waals surface area (Å²) in [5.41, 5.74) is 0. The standard InChI is InChI=1S/C9H14N.3ClH.2H2O.Sn/c1-2-3-7-10-8-5-4-6-9-10;;;;;;/h4-6,8-9H,2-3,7H2,1H3;3*1H;2*1H2;/q+1;;;;;;+2/p-3. The fraction of sp³-hybridized carbons (Fsp3) is 0.444. The molecule has 1 rings (SSSR count). The van der Waals surface area contributed by atoms with Crippen LogP contribution < -0.4 is 17.0 Å². The molecule has 4 N–H and O–H groups in total. The van der Waals surface area contributed by atoms with E-state index in [0.29, 0.717) is 0 Å². The molecule has 0 spiro atoms. The first-order chi connectivity index (χ1) is 6.35. The second-order valence-electron chi connectivity index (χ2n) is 2.54. The fourth-order valence-corrected chi connectivity index (χ4v) is 0.924. The minimum atomic E-state index is -0.826. The molecule has 2 radical (unpaired) electrons. The second-order valence-corrected chi connectivity index (χ2v) is 6.78. The van der Waals surface area contributed by atoms with Gasteiger partial charge in [-0.1, -0.05) is 19.4 Å². The molecule has 0 aliphatic carbocycles. The van der Waals surface area contributed by atoms with E-state index in [4.69, 9.17) is 17.8 Å². The predicted octanol–water partition coefficient (Wildman–Crippen LogP) is -1.87. The van der Waals surface area contributed by atoms with E-state index < -0.39 is 18.9 Å². The maximum atomic E-state index is 4.93. The number of halogens is 3. The molecular weight excluding hydrogens is 379 g/mol. The number of hydrogen-bond acceptors (Lipinski definition) is 0. The molecular formula is C9H18Cl3NO2Sn. The van der Waals surface area contributed by atoms with E-state index in [-0.39, 0.29) is 23.4 Å². The number of nitrogens with zero attached hydrogens (tertiary/aromatic N) is 1. The molecule has 0 unspecified atom stereocenters. The Morgan fingerprint density at radius 3 is 1.88 bits per heavy atom. The Bertz CT molecular complexity index is 205. The van der Waals surface area contributed by atoms with Crippen LogP contribution in [0.3, 0.4) is 0 Å². The van der Waals surface area contributed by atoms with Crippen LogP contribution in [0, 0.1) is 0 Å².